The van der Waals surface area contributed by atoms with Gasteiger partial charge in [-0.25, -0.2) is 0 Å². The Balaban J connectivity index is 1.05. The predicted octanol–water partition coefficient (Wildman–Crippen LogP) is 3.16. The normalized spacial score (nSPS) is 50.7. The molecule has 3 aliphatic heterocycles. The Bertz CT molecular complexity index is 1450. The molecular formula is C46H78O14. The molecule has 0 aromatic carbocycles. The van der Waals surface area contributed by atoms with E-state index in [1.165, 1.54) is 57.4 Å². The smallest absolute Gasteiger partial charge is 0.187 e. The molecule has 23 unspecified atom stereocenters. The van der Waals surface area contributed by atoms with Crippen molar-refractivity contribution in [2.24, 2.45) is 52.3 Å². The van der Waals surface area contributed by atoms with E-state index in [4.69, 9.17) is 28.4 Å². The first-order chi connectivity index (χ1) is 28.4. The molecule has 3 saturated carbocycles. The highest BCUT2D eigenvalue weighted by molar-refractivity contribution is 5.26. The van der Waals surface area contributed by atoms with Gasteiger partial charge in [-0.2, -0.15) is 0 Å². The minimum atomic E-state index is -1.76. The summed E-state index contributed by atoms with van der Waals surface area (Å²) in [5.74, 6) is 5.12. The molecule has 0 aromatic rings. The molecular weight excluding hydrogens is 776 g/mol. The van der Waals surface area contributed by atoms with Gasteiger partial charge in [0.15, 0.2) is 18.9 Å². The minimum absolute atomic E-state index is 0.0435. The number of aliphatic hydroxyl groups is 8. The van der Waals surface area contributed by atoms with Crippen molar-refractivity contribution in [2.45, 2.75) is 211 Å². The van der Waals surface area contributed by atoms with Crippen molar-refractivity contribution >= 4 is 0 Å². The Labute approximate surface area is 356 Å². The summed E-state index contributed by atoms with van der Waals surface area (Å²) >= 11 is 0. The van der Waals surface area contributed by atoms with Crippen LogP contribution in [0.15, 0.2) is 11.6 Å². The SMILES string of the molecule is CCC(CCC(C)C1CCC2C3CCC4=CC(OC5C(COC6OCC(O)C(O)C6O)OC(O)C(OC6OC(C)C(O)C(O)C6O)C5O)CCC4(C)C3CCC12C)C(C)C. The maximum absolute atomic E-state index is 11.9. The van der Waals surface area contributed by atoms with E-state index in [2.05, 4.69) is 47.6 Å². The second-order valence-corrected chi connectivity index (χ2v) is 20.8. The number of hydrogen-bond donors (Lipinski definition) is 8. The fourth-order valence-electron chi connectivity index (χ4n) is 13.4. The summed E-state index contributed by atoms with van der Waals surface area (Å²) < 4.78 is 35.5. The zero-order valence-electron chi connectivity index (χ0n) is 37.0. The van der Waals surface area contributed by atoms with Gasteiger partial charge in [0.05, 0.1) is 25.4 Å². The van der Waals surface area contributed by atoms with Crippen LogP contribution >= 0.6 is 0 Å². The molecule has 6 fully saturated rings. The summed E-state index contributed by atoms with van der Waals surface area (Å²) in [6, 6.07) is 0. The van der Waals surface area contributed by atoms with Crippen LogP contribution in [0.4, 0.5) is 0 Å². The van der Waals surface area contributed by atoms with Crippen molar-refractivity contribution in [2.75, 3.05) is 13.2 Å². The summed E-state index contributed by atoms with van der Waals surface area (Å²) in [4.78, 5) is 0. The average molecular weight is 855 g/mol. The van der Waals surface area contributed by atoms with Gasteiger partial charge in [-0.1, -0.05) is 66.0 Å². The largest absolute Gasteiger partial charge is 0.388 e. The molecule has 7 aliphatic rings. The third kappa shape index (κ3) is 8.93. The van der Waals surface area contributed by atoms with Crippen LogP contribution in [-0.2, 0) is 28.4 Å². The van der Waals surface area contributed by atoms with Crippen molar-refractivity contribution < 1.29 is 69.3 Å². The average Bonchev–Trinajstić information content (AvgIpc) is 3.58. The third-order valence-electron chi connectivity index (χ3n) is 17.2. The van der Waals surface area contributed by atoms with Crippen molar-refractivity contribution in [3.8, 4) is 0 Å². The molecule has 14 heteroatoms. The molecule has 7 rings (SSSR count). The molecule has 0 amide bonds. The number of aliphatic hydroxyl groups excluding tert-OH is 8. The van der Waals surface area contributed by atoms with Crippen molar-refractivity contribution in [3.05, 3.63) is 11.6 Å². The van der Waals surface area contributed by atoms with E-state index in [1.807, 2.05) is 0 Å². The van der Waals surface area contributed by atoms with Gasteiger partial charge in [-0.05, 0) is 117 Å². The van der Waals surface area contributed by atoms with Crippen LogP contribution in [0, 0.1) is 52.3 Å². The van der Waals surface area contributed by atoms with Crippen LogP contribution in [0.25, 0.3) is 0 Å². The predicted molar refractivity (Wildman–Crippen MR) is 219 cm³/mol. The summed E-state index contributed by atoms with van der Waals surface area (Å²) in [5, 5.41) is 85.1. The van der Waals surface area contributed by atoms with Gasteiger partial charge in [-0.3, -0.25) is 0 Å². The Morgan fingerprint density at radius 1 is 0.750 bits per heavy atom. The molecule has 3 saturated heterocycles. The van der Waals surface area contributed by atoms with Gasteiger partial charge < -0.3 is 69.3 Å². The monoisotopic (exact) mass is 855 g/mol. The second kappa shape index (κ2) is 19.0. The van der Waals surface area contributed by atoms with Gasteiger partial charge in [-0.15, -0.1) is 0 Å². The molecule has 14 nitrogen and oxygen atoms in total. The molecule has 0 radical (unpaired) electrons. The summed E-state index contributed by atoms with van der Waals surface area (Å²) in [6.07, 6.45) is -5.10. The Hall–Kier alpha value is -0.820. The number of ether oxygens (including phenoxy) is 6. The Kier molecular flexibility index (Phi) is 14.9. The quantitative estimate of drug-likeness (QED) is 0.125. The van der Waals surface area contributed by atoms with Crippen LogP contribution in [0.5, 0.6) is 0 Å². The highest BCUT2D eigenvalue weighted by Crippen LogP contribution is 2.68. The highest BCUT2D eigenvalue weighted by atomic mass is 16.7. The summed E-state index contributed by atoms with van der Waals surface area (Å²) in [7, 11) is 0. The molecule has 23 atom stereocenters. The second-order valence-electron chi connectivity index (χ2n) is 20.8. The van der Waals surface area contributed by atoms with Crippen LogP contribution < -0.4 is 0 Å². The lowest BCUT2D eigenvalue weighted by atomic mass is 9.46. The first-order valence-electron chi connectivity index (χ1n) is 23.4. The summed E-state index contributed by atoms with van der Waals surface area (Å²) in [5.41, 5.74) is 1.83. The van der Waals surface area contributed by atoms with Gasteiger partial charge in [0.25, 0.3) is 0 Å². The van der Waals surface area contributed by atoms with E-state index < -0.39 is 92.1 Å². The third-order valence-corrected chi connectivity index (χ3v) is 17.2. The molecule has 3 heterocycles. The lowest BCUT2D eigenvalue weighted by Crippen LogP contribution is -2.65. The highest BCUT2D eigenvalue weighted by Gasteiger charge is 2.60. The lowest BCUT2D eigenvalue weighted by Gasteiger charge is -2.59. The number of hydrogen-bond acceptors (Lipinski definition) is 14. The summed E-state index contributed by atoms with van der Waals surface area (Å²) in [6.45, 7) is 15.6. The number of fused-ring (bicyclic) bond motifs is 5. The van der Waals surface area contributed by atoms with E-state index in [-0.39, 0.29) is 18.6 Å². The zero-order valence-corrected chi connectivity index (χ0v) is 37.0. The van der Waals surface area contributed by atoms with Crippen molar-refractivity contribution in [1.82, 2.24) is 0 Å². The van der Waals surface area contributed by atoms with E-state index in [0.717, 1.165) is 48.9 Å². The maximum atomic E-state index is 11.9. The molecule has 4 aliphatic carbocycles. The first-order valence-corrected chi connectivity index (χ1v) is 23.4. The standard InChI is InChI=1S/C46H78O14/c1-8-25(22(2)3)10-9-23(4)29-13-14-30-28-12-11-26-19-27(15-17-45(26,6)31(28)16-18-46(29,30)7)58-40-33(21-56-43-37(51)35(49)32(47)20-55-43)59-42(54)41(39(40)53)60-44-38(52)36(50)34(48)24(5)57-44/h19,22-25,27-44,47-54H,8-18,20-21H2,1-7H3. The van der Waals surface area contributed by atoms with E-state index in [0.29, 0.717) is 23.7 Å². The Morgan fingerprint density at radius 2 is 1.48 bits per heavy atom. The molecule has 8 N–H and O–H groups in total. The fraction of sp³-hybridized carbons (Fsp3) is 0.957. The van der Waals surface area contributed by atoms with Gasteiger partial charge in [0, 0.05) is 0 Å². The van der Waals surface area contributed by atoms with Crippen molar-refractivity contribution in [1.29, 1.82) is 0 Å². The topological polar surface area (TPSA) is 217 Å². The van der Waals surface area contributed by atoms with Crippen molar-refractivity contribution in [3.63, 3.8) is 0 Å². The molecule has 0 aromatic heterocycles. The molecule has 0 bridgehead atoms. The maximum Gasteiger partial charge on any atom is 0.187 e. The minimum Gasteiger partial charge on any atom is -0.388 e. The van der Waals surface area contributed by atoms with Crippen LogP contribution in [-0.4, -0.2) is 146 Å². The van der Waals surface area contributed by atoms with Gasteiger partial charge in [0.1, 0.15) is 61.0 Å². The van der Waals surface area contributed by atoms with E-state index in [1.54, 1.807) is 0 Å². The zero-order chi connectivity index (χ0) is 43.4. The van der Waals surface area contributed by atoms with Gasteiger partial charge in [0.2, 0.25) is 0 Å². The molecule has 346 valence electrons. The number of rotatable bonds is 13. The number of allylic oxidation sites excluding steroid dienone is 1. The Morgan fingerprint density at radius 3 is 2.20 bits per heavy atom. The van der Waals surface area contributed by atoms with Crippen LogP contribution in [0.1, 0.15) is 119 Å². The molecule has 0 spiro atoms. The lowest BCUT2D eigenvalue weighted by molar-refractivity contribution is -0.366. The molecule has 60 heavy (non-hydrogen) atoms. The first kappa shape index (κ1) is 47.2. The van der Waals surface area contributed by atoms with E-state index in [9.17, 15) is 40.9 Å². The van der Waals surface area contributed by atoms with E-state index >= 15 is 0 Å². The van der Waals surface area contributed by atoms with Crippen LogP contribution in [0.3, 0.4) is 0 Å². The van der Waals surface area contributed by atoms with Gasteiger partial charge >= 0.3 is 0 Å². The van der Waals surface area contributed by atoms with Crippen LogP contribution in [0.2, 0.25) is 0 Å². The fourth-order valence-corrected chi connectivity index (χ4v) is 13.4.